The van der Waals surface area contributed by atoms with Crippen molar-refractivity contribution in [2.24, 2.45) is 0 Å². The zero-order valence-corrected chi connectivity index (χ0v) is 13.5. The molecule has 2 aromatic rings. The van der Waals surface area contributed by atoms with Crippen LogP contribution < -0.4 is 10.6 Å². The molecule has 0 atom stereocenters. The number of hydrogen-bond donors (Lipinski definition) is 0. The zero-order valence-electron chi connectivity index (χ0n) is 12.6. The molecule has 0 amide bonds. The molecule has 0 aliphatic heterocycles. The summed E-state index contributed by atoms with van der Waals surface area (Å²) in [5.41, 5.74) is 0. The average Bonchev–Trinajstić information content (AvgIpc) is 2.85. The van der Waals surface area contributed by atoms with Gasteiger partial charge in [0.2, 0.25) is 0 Å². The maximum atomic E-state index is 2.47. The van der Waals surface area contributed by atoms with Crippen LogP contribution in [-0.2, 0) is 0 Å². The molecule has 0 bridgehead atoms. The van der Waals surface area contributed by atoms with Gasteiger partial charge in [0.05, 0.1) is 12.0 Å². The molecule has 2 aromatic carbocycles. The summed E-state index contributed by atoms with van der Waals surface area (Å²) < 4.78 is 0. The van der Waals surface area contributed by atoms with Gasteiger partial charge in [0, 0.05) is 0 Å². The third-order valence-electron chi connectivity index (χ3n) is 4.28. The van der Waals surface area contributed by atoms with E-state index in [-0.39, 0.29) is 0 Å². The molecule has 0 spiro atoms. The maximum Gasteiger partial charge on any atom is 0.108 e. The van der Waals surface area contributed by atoms with Crippen LogP contribution in [0.2, 0.25) is 0 Å². The van der Waals surface area contributed by atoms with Crippen LogP contribution >= 0.6 is 7.26 Å². The molecule has 0 saturated heterocycles. The minimum atomic E-state index is -1.50. The Morgan fingerprint density at radius 1 is 0.762 bits per heavy atom. The standard InChI is InChI=1S/C20H22P/c1-21(19-14-8-4-9-15-19,20-16-10-5-11-17-20)18-12-6-2-3-7-13-18/h4-6,8-17H,2-3,7H2,1H3/q+1. The van der Waals surface area contributed by atoms with Gasteiger partial charge in [-0.05, 0) is 55.7 Å². The summed E-state index contributed by atoms with van der Waals surface area (Å²) in [6.45, 7) is 2.46. The second-order valence-corrected chi connectivity index (χ2v) is 9.20. The van der Waals surface area contributed by atoms with E-state index >= 15 is 0 Å². The van der Waals surface area contributed by atoms with Crippen LogP contribution in [0.15, 0.2) is 84.2 Å². The summed E-state index contributed by atoms with van der Waals surface area (Å²) in [6, 6.07) is 22.0. The summed E-state index contributed by atoms with van der Waals surface area (Å²) in [6.07, 6.45) is 10.9. The molecule has 21 heavy (non-hydrogen) atoms. The van der Waals surface area contributed by atoms with Crippen molar-refractivity contribution in [3.8, 4) is 0 Å². The van der Waals surface area contributed by atoms with Crippen LogP contribution in [0.25, 0.3) is 0 Å². The molecular formula is C20H22P+. The minimum Gasteiger partial charge on any atom is -0.0806 e. The largest absolute Gasteiger partial charge is 0.108 e. The van der Waals surface area contributed by atoms with E-state index in [9.17, 15) is 0 Å². The monoisotopic (exact) mass is 293 g/mol. The average molecular weight is 293 g/mol. The number of allylic oxidation sites excluding steroid dienone is 4. The summed E-state index contributed by atoms with van der Waals surface area (Å²) in [5.74, 6) is 0. The van der Waals surface area contributed by atoms with Gasteiger partial charge < -0.3 is 0 Å². The molecule has 0 unspecified atom stereocenters. The predicted octanol–water partition coefficient (Wildman–Crippen LogP) is 4.91. The lowest BCUT2D eigenvalue weighted by molar-refractivity contribution is 0.875. The Kier molecular flexibility index (Phi) is 4.36. The van der Waals surface area contributed by atoms with E-state index < -0.39 is 7.26 Å². The van der Waals surface area contributed by atoms with Crippen LogP contribution in [0.4, 0.5) is 0 Å². The molecule has 106 valence electrons. The molecule has 1 heteroatoms. The fraction of sp³-hybridized carbons (Fsp3) is 0.200. The SMILES string of the molecule is C[P+](C1=CCCCC=C1)(c1ccccc1)c1ccccc1. The van der Waals surface area contributed by atoms with E-state index in [0.29, 0.717) is 0 Å². The van der Waals surface area contributed by atoms with Crippen molar-refractivity contribution in [3.63, 3.8) is 0 Å². The summed E-state index contributed by atoms with van der Waals surface area (Å²) >= 11 is 0. The Balaban J connectivity index is 2.18. The van der Waals surface area contributed by atoms with Crippen molar-refractivity contribution in [3.05, 3.63) is 84.2 Å². The third-order valence-corrected chi connectivity index (χ3v) is 8.30. The third kappa shape index (κ3) is 2.87. The summed E-state index contributed by atoms with van der Waals surface area (Å²) in [7, 11) is -1.50. The highest BCUT2D eigenvalue weighted by Crippen LogP contribution is 2.61. The van der Waals surface area contributed by atoms with E-state index in [0.717, 1.165) is 0 Å². The Bertz CT molecular complexity index is 599. The lowest BCUT2D eigenvalue weighted by Crippen LogP contribution is -2.22. The molecular weight excluding hydrogens is 271 g/mol. The van der Waals surface area contributed by atoms with Crippen molar-refractivity contribution in [1.29, 1.82) is 0 Å². The summed E-state index contributed by atoms with van der Waals surface area (Å²) in [4.78, 5) is 0. The smallest absolute Gasteiger partial charge is 0.0806 e. The van der Waals surface area contributed by atoms with Gasteiger partial charge in [0.15, 0.2) is 0 Å². The predicted molar refractivity (Wildman–Crippen MR) is 96.1 cm³/mol. The van der Waals surface area contributed by atoms with Gasteiger partial charge in [-0.2, -0.15) is 0 Å². The molecule has 1 aliphatic rings. The van der Waals surface area contributed by atoms with Crippen LogP contribution in [-0.4, -0.2) is 6.66 Å². The second-order valence-electron chi connectivity index (χ2n) is 5.64. The molecule has 3 rings (SSSR count). The minimum absolute atomic E-state index is 1.19. The first-order chi connectivity index (χ1) is 10.3. The van der Waals surface area contributed by atoms with Crippen molar-refractivity contribution in [2.75, 3.05) is 6.66 Å². The van der Waals surface area contributed by atoms with E-state index in [2.05, 4.69) is 85.6 Å². The highest BCUT2D eigenvalue weighted by Gasteiger charge is 2.40. The lowest BCUT2D eigenvalue weighted by atomic mass is 10.2. The molecule has 0 saturated carbocycles. The first kappa shape index (κ1) is 14.3. The van der Waals surface area contributed by atoms with Crippen molar-refractivity contribution >= 4 is 17.9 Å². The Morgan fingerprint density at radius 2 is 1.33 bits per heavy atom. The fourth-order valence-electron chi connectivity index (χ4n) is 2.99. The fourth-order valence-corrected chi connectivity index (χ4v) is 6.32. The van der Waals surface area contributed by atoms with Gasteiger partial charge in [0.1, 0.15) is 17.9 Å². The normalized spacial score (nSPS) is 15.4. The Labute approximate surface area is 128 Å². The van der Waals surface area contributed by atoms with E-state index in [1.54, 1.807) is 0 Å². The molecule has 0 fully saturated rings. The maximum absolute atomic E-state index is 2.47. The van der Waals surface area contributed by atoms with Crippen molar-refractivity contribution in [2.45, 2.75) is 19.3 Å². The molecule has 1 aliphatic carbocycles. The zero-order chi connectivity index (χ0) is 14.5. The van der Waals surface area contributed by atoms with Gasteiger partial charge in [0.25, 0.3) is 0 Å². The second kappa shape index (κ2) is 6.41. The molecule has 0 N–H and O–H groups in total. The van der Waals surface area contributed by atoms with Gasteiger partial charge in [-0.15, -0.1) is 0 Å². The van der Waals surface area contributed by atoms with Crippen LogP contribution in [0, 0.1) is 0 Å². The van der Waals surface area contributed by atoms with Crippen LogP contribution in [0.5, 0.6) is 0 Å². The van der Waals surface area contributed by atoms with Crippen LogP contribution in [0.3, 0.4) is 0 Å². The number of hydrogen-bond acceptors (Lipinski definition) is 0. The van der Waals surface area contributed by atoms with E-state index in [1.807, 2.05) is 0 Å². The van der Waals surface area contributed by atoms with E-state index in [1.165, 1.54) is 35.2 Å². The quantitative estimate of drug-likeness (QED) is 0.705. The van der Waals surface area contributed by atoms with Gasteiger partial charge in [-0.3, -0.25) is 0 Å². The highest BCUT2D eigenvalue weighted by molar-refractivity contribution is 7.92. The van der Waals surface area contributed by atoms with E-state index in [4.69, 9.17) is 0 Å². The first-order valence-electron chi connectivity index (χ1n) is 7.67. The Morgan fingerprint density at radius 3 is 1.90 bits per heavy atom. The number of rotatable bonds is 3. The highest BCUT2D eigenvalue weighted by atomic mass is 31.2. The first-order valence-corrected chi connectivity index (χ1v) is 9.90. The summed E-state index contributed by atoms with van der Waals surface area (Å²) in [5, 5.41) is 4.46. The molecule has 0 aromatic heterocycles. The molecule has 0 radical (unpaired) electrons. The van der Waals surface area contributed by atoms with Gasteiger partial charge in [-0.1, -0.05) is 42.5 Å². The van der Waals surface area contributed by atoms with Gasteiger partial charge in [-0.25, -0.2) is 0 Å². The van der Waals surface area contributed by atoms with Crippen molar-refractivity contribution in [1.82, 2.24) is 0 Å². The lowest BCUT2D eigenvalue weighted by Gasteiger charge is -2.24. The molecule has 0 nitrogen and oxygen atoms in total. The topological polar surface area (TPSA) is 0 Å². The number of benzene rings is 2. The van der Waals surface area contributed by atoms with Gasteiger partial charge >= 0.3 is 0 Å². The molecule has 0 heterocycles. The Hall–Kier alpha value is -1.65. The van der Waals surface area contributed by atoms with Crippen LogP contribution in [0.1, 0.15) is 19.3 Å². The van der Waals surface area contributed by atoms with Crippen molar-refractivity contribution < 1.29 is 0 Å².